The van der Waals surface area contributed by atoms with Gasteiger partial charge in [-0.25, -0.2) is 5.43 Å². The summed E-state index contributed by atoms with van der Waals surface area (Å²) in [7, 11) is 0. The van der Waals surface area contributed by atoms with Crippen LogP contribution in [-0.4, -0.2) is 43.3 Å². The van der Waals surface area contributed by atoms with Gasteiger partial charge >= 0.3 is 0 Å². The number of ether oxygens (including phenoxy) is 1. The Bertz CT molecular complexity index is 718. The third-order valence-electron chi connectivity index (χ3n) is 4.18. The van der Waals surface area contributed by atoms with E-state index < -0.39 is 0 Å². The van der Waals surface area contributed by atoms with E-state index in [0.29, 0.717) is 5.56 Å². The molecule has 130 valence electrons. The Kier molecular flexibility index (Phi) is 5.93. The molecule has 0 unspecified atom stereocenters. The number of hydrogen-bond donors (Lipinski definition) is 1. The molecule has 2 aromatic rings. The van der Waals surface area contributed by atoms with Crippen LogP contribution in [-0.2, 0) is 11.3 Å². The second-order valence-electron chi connectivity index (χ2n) is 6.20. The molecule has 0 saturated carbocycles. The summed E-state index contributed by atoms with van der Waals surface area (Å²) in [5, 5.41) is 4.02. The Labute approximate surface area is 148 Å². The number of rotatable bonds is 5. The summed E-state index contributed by atoms with van der Waals surface area (Å²) in [6.07, 6.45) is 1.64. The lowest BCUT2D eigenvalue weighted by molar-refractivity contribution is 0.0342. The molecule has 3 rings (SSSR count). The maximum atomic E-state index is 12.1. The van der Waals surface area contributed by atoms with Crippen LogP contribution in [0.5, 0.6) is 0 Å². The van der Waals surface area contributed by atoms with Crippen LogP contribution in [0.25, 0.3) is 0 Å². The zero-order chi connectivity index (χ0) is 17.5. The first kappa shape index (κ1) is 17.3. The van der Waals surface area contributed by atoms with Crippen LogP contribution in [0.3, 0.4) is 0 Å². The first-order valence-corrected chi connectivity index (χ1v) is 8.50. The summed E-state index contributed by atoms with van der Waals surface area (Å²) in [5.74, 6) is -0.207. The molecule has 5 nitrogen and oxygen atoms in total. The quantitative estimate of drug-likeness (QED) is 0.674. The van der Waals surface area contributed by atoms with Crippen molar-refractivity contribution in [1.29, 1.82) is 0 Å². The SMILES string of the molecule is Cc1ccc(/C=N\NC(=O)c2ccc(CN3CCOCC3)cc2)cc1. The summed E-state index contributed by atoms with van der Waals surface area (Å²) < 4.78 is 5.36. The lowest BCUT2D eigenvalue weighted by atomic mass is 10.1. The van der Waals surface area contributed by atoms with Crippen LogP contribution < -0.4 is 5.43 Å². The molecule has 25 heavy (non-hydrogen) atoms. The minimum atomic E-state index is -0.207. The number of morpholine rings is 1. The van der Waals surface area contributed by atoms with Gasteiger partial charge in [0.2, 0.25) is 0 Å². The zero-order valence-electron chi connectivity index (χ0n) is 14.4. The molecular formula is C20H23N3O2. The fourth-order valence-corrected chi connectivity index (χ4v) is 2.66. The highest BCUT2D eigenvalue weighted by Crippen LogP contribution is 2.09. The van der Waals surface area contributed by atoms with Crippen LogP contribution in [0.2, 0.25) is 0 Å². The molecule has 1 saturated heterocycles. The van der Waals surface area contributed by atoms with E-state index in [9.17, 15) is 4.79 Å². The number of carbonyl (C=O) groups excluding carboxylic acids is 1. The average Bonchev–Trinajstić information content (AvgIpc) is 2.65. The maximum absolute atomic E-state index is 12.1. The van der Waals surface area contributed by atoms with Crippen LogP contribution in [0.15, 0.2) is 53.6 Å². The minimum absolute atomic E-state index is 0.207. The maximum Gasteiger partial charge on any atom is 0.271 e. The highest BCUT2D eigenvalue weighted by molar-refractivity contribution is 5.94. The molecule has 1 aliphatic rings. The molecule has 5 heteroatoms. The minimum Gasteiger partial charge on any atom is -0.379 e. The molecule has 2 aromatic carbocycles. The fraction of sp³-hybridized carbons (Fsp3) is 0.300. The van der Waals surface area contributed by atoms with Crippen LogP contribution in [0.4, 0.5) is 0 Å². The van der Waals surface area contributed by atoms with Gasteiger partial charge in [0, 0.05) is 25.2 Å². The first-order chi connectivity index (χ1) is 12.2. The van der Waals surface area contributed by atoms with Crippen LogP contribution >= 0.6 is 0 Å². The van der Waals surface area contributed by atoms with Gasteiger partial charge in [-0.05, 0) is 30.2 Å². The zero-order valence-corrected chi connectivity index (χ0v) is 14.4. The normalized spacial score (nSPS) is 15.4. The number of hydrogen-bond acceptors (Lipinski definition) is 4. The van der Waals surface area contributed by atoms with Crippen molar-refractivity contribution in [3.8, 4) is 0 Å². The molecule has 1 heterocycles. The summed E-state index contributed by atoms with van der Waals surface area (Å²) in [6.45, 7) is 6.41. The van der Waals surface area contributed by atoms with E-state index in [1.165, 1.54) is 11.1 Å². The number of aryl methyl sites for hydroxylation is 1. The lowest BCUT2D eigenvalue weighted by Crippen LogP contribution is -2.35. The first-order valence-electron chi connectivity index (χ1n) is 8.50. The second kappa shape index (κ2) is 8.55. The van der Waals surface area contributed by atoms with Crippen LogP contribution in [0, 0.1) is 6.92 Å². The van der Waals surface area contributed by atoms with Crippen molar-refractivity contribution >= 4 is 12.1 Å². The van der Waals surface area contributed by atoms with Gasteiger partial charge in [0.25, 0.3) is 5.91 Å². The largest absolute Gasteiger partial charge is 0.379 e. The molecule has 0 radical (unpaired) electrons. The molecule has 1 fully saturated rings. The number of amides is 1. The third-order valence-corrected chi connectivity index (χ3v) is 4.18. The van der Waals surface area contributed by atoms with Crippen molar-refractivity contribution in [3.05, 3.63) is 70.8 Å². The van der Waals surface area contributed by atoms with Crippen molar-refractivity contribution < 1.29 is 9.53 Å². The monoisotopic (exact) mass is 337 g/mol. The number of carbonyl (C=O) groups is 1. The molecule has 0 atom stereocenters. The van der Waals surface area contributed by atoms with E-state index in [0.717, 1.165) is 38.4 Å². The van der Waals surface area contributed by atoms with Gasteiger partial charge in [0.15, 0.2) is 0 Å². The average molecular weight is 337 g/mol. The number of benzene rings is 2. The summed E-state index contributed by atoms with van der Waals surface area (Å²) >= 11 is 0. The van der Waals surface area contributed by atoms with Crippen molar-refractivity contribution in [2.75, 3.05) is 26.3 Å². The van der Waals surface area contributed by atoms with E-state index in [4.69, 9.17) is 4.74 Å². The van der Waals surface area contributed by atoms with Crippen molar-refractivity contribution in [3.63, 3.8) is 0 Å². The van der Waals surface area contributed by atoms with E-state index in [1.54, 1.807) is 6.21 Å². The third kappa shape index (κ3) is 5.24. The van der Waals surface area contributed by atoms with Crippen molar-refractivity contribution in [1.82, 2.24) is 10.3 Å². The van der Waals surface area contributed by atoms with Gasteiger partial charge in [-0.15, -0.1) is 0 Å². The number of nitrogens with one attached hydrogen (secondary N) is 1. The van der Waals surface area contributed by atoms with Gasteiger partial charge in [0.1, 0.15) is 0 Å². The van der Waals surface area contributed by atoms with Crippen LogP contribution in [0.1, 0.15) is 27.0 Å². The van der Waals surface area contributed by atoms with E-state index in [1.807, 2.05) is 55.5 Å². The number of hydrazone groups is 1. The van der Waals surface area contributed by atoms with Gasteiger partial charge < -0.3 is 4.74 Å². The molecular weight excluding hydrogens is 314 g/mol. The van der Waals surface area contributed by atoms with E-state index in [2.05, 4.69) is 15.4 Å². The standard InChI is InChI=1S/C20H23N3O2/c1-16-2-4-17(5-3-16)14-21-22-20(24)19-8-6-18(7-9-19)15-23-10-12-25-13-11-23/h2-9,14H,10-13,15H2,1H3,(H,22,24)/b21-14-. The van der Waals surface area contributed by atoms with Gasteiger partial charge in [-0.2, -0.15) is 5.10 Å². The molecule has 1 N–H and O–H groups in total. The smallest absolute Gasteiger partial charge is 0.271 e. The molecule has 0 bridgehead atoms. The topological polar surface area (TPSA) is 53.9 Å². The Morgan fingerprint density at radius 1 is 1.12 bits per heavy atom. The predicted molar refractivity (Wildman–Crippen MR) is 98.8 cm³/mol. The lowest BCUT2D eigenvalue weighted by Gasteiger charge is -2.26. The Morgan fingerprint density at radius 2 is 1.80 bits per heavy atom. The summed E-state index contributed by atoms with van der Waals surface area (Å²) in [6, 6.07) is 15.6. The van der Waals surface area contributed by atoms with Gasteiger partial charge in [0.05, 0.1) is 19.4 Å². The Hall–Kier alpha value is -2.50. The van der Waals surface area contributed by atoms with Gasteiger partial charge in [-0.3, -0.25) is 9.69 Å². The van der Waals surface area contributed by atoms with Crippen molar-refractivity contribution in [2.24, 2.45) is 5.10 Å². The second-order valence-corrected chi connectivity index (χ2v) is 6.20. The van der Waals surface area contributed by atoms with Crippen molar-refractivity contribution in [2.45, 2.75) is 13.5 Å². The molecule has 0 aromatic heterocycles. The number of nitrogens with zero attached hydrogens (tertiary/aromatic N) is 2. The van der Waals surface area contributed by atoms with E-state index >= 15 is 0 Å². The highest BCUT2D eigenvalue weighted by Gasteiger charge is 2.11. The molecule has 0 spiro atoms. The Balaban J connectivity index is 1.52. The highest BCUT2D eigenvalue weighted by atomic mass is 16.5. The fourth-order valence-electron chi connectivity index (χ4n) is 2.66. The molecule has 0 aliphatic carbocycles. The molecule has 1 aliphatic heterocycles. The van der Waals surface area contributed by atoms with E-state index in [-0.39, 0.29) is 5.91 Å². The van der Waals surface area contributed by atoms with Gasteiger partial charge in [-0.1, -0.05) is 42.0 Å². The molecule has 1 amide bonds. The summed E-state index contributed by atoms with van der Waals surface area (Å²) in [5.41, 5.74) is 6.51. The Morgan fingerprint density at radius 3 is 2.48 bits per heavy atom. The summed E-state index contributed by atoms with van der Waals surface area (Å²) in [4.78, 5) is 14.5. The predicted octanol–water partition coefficient (Wildman–Crippen LogP) is 2.59.